The Morgan fingerprint density at radius 3 is 2.69 bits per heavy atom. The molecule has 132 valence electrons. The number of nitrogens with one attached hydrogen (secondary N) is 1. The summed E-state index contributed by atoms with van der Waals surface area (Å²) in [6, 6.07) is 15.7. The van der Waals surface area contributed by atoms with Crippen molar-refractivity contribution >= 4 is 28.7 Å². The van der Waals surface area contributed by atoms with Crippen molar-refractivity contribution in [3.8, 4) is 11.3 Å². The topological polar surface area (TPSA) is 58.1 Å². The van der Waals surface area contributed by atoms with Gasteiger partial charge in [0.15, 0.2) is 5.82 Å². The molecular formula is C20H20N4OS. The van der Waals surface area contributed by atoms with E-state index in [2.05, 4.69) is 20.4 Å². The highest BCUT2D eigenvalue weighted by molar-refractivity contribution is 7.10. The molecule has 0 unspecified atom stereocenters. The molecule has 3 heterocycles. The van der Waals surface area contributed by atoms with Gasteiger partial charge in [-0.15, -0.1) is 21.5 Å². The molecular weight excluding hydrogens is 344 g/mol. The van der Waals surface area contributed by atoms with Crippen molar-refractivity contribution in [1.29, 1.82) is 0 Å². The smallest absolute Gasteiger partial charge is 0.229 e. The van der Waals surface area contributed by atoms with E-state index in [1.807, 2.05) is 53.9 Å². The van der Waals surface area contributed by atoms with Gasteiger partial charge in [-0.1, -0.05) is 18.2 Å². The van der Waals surface area contributed by atoms with Crippen LogP contribution in [0.5, 0.6) is 0 Å². The van der Waals surface area contributed by atoms with Crippen molar-refractivity contribution in [3.05, 3.63) is 58.8 Å². The molecule has 1 aliphatic rings. The predicted molar refractivity (Wildman–Crippen MR) is 106 cm³/mol. The second-order valence-corrected chi connectivity index (χ2v) is 7.39. The van der Waals surface area contributed by atoms with Crippen molar-refractivity contribution in [3.63, 3.8) is 0 Å². The second kappa shape index (κ2) is 7.66. The van der Waals surface area contributed by atoms with Crippen LogP contribution in [-0.2, 0) is 11.2 Å². The number of carbonyl (C=O) groups excluding carboxylic acids is 1. The fourth-order valence-electron chi connectivity index (χ4n) is 3.13. The van der Waals surface area contributed by atoms with Gasteiger partial charge in [-0.05, 0) is 48.6 Å². The van der Waals surface area contributed by atoms with E-state index in [4.69, 9.17) is 0 Å². The zero-order chi connectivity index (χ0) is 17.8. The molecule has 0 spiro atoms. The summed E-state index contributed by atoms with van der Waals surface area (Å²) in [6.45, 7) is 2.11. The number of benzene rings is 1. The molecule has 6 heteroatoms. The zero-order valence-electron chi connectivity index (χ0n) is 14.4. The van der Waals surface area contributed by atoms with Gasteiger partial charge >= 0.3 is 0 Å². The number of aromatic nitrogens is 2. The highest BCUT2D eigenvalue weighted by Crippen LogP contribution is 2.23. The predicted octanol–water partition coefficient (Wildman–Crippen LogP) is 3.99. The van der Waals surface area contributed by atoms with Gasteiger partial charge in [0, 0.05) is 29.2 Å². The Morgan fingerprint density at radius 1 is 1.08 bits per heavy atom. The fraction of sp³-hybridized carbons (Fsp3) is 0.250. The summed E-state index contributed by atoms with van der Waals surface area (Å²) in [7, 11) is 0. The maximum atomic E-state index is 12.2. The van der Waals surface area contributed by atoms with Gasteiger partial charge in [0.05, 0.1) is 12.1 Å². The van der Waals surface area contributed by atoms with Gasteiger partial charge in [-0.25, -0.2) is 0 Å². The Bertz CT molecular complexity index is 871. The zero-order valence-corrected chi connectivity index (χ0v) is 15.2. The Balaban J connectivity index is 1.45. The minimum Gasteiger partial charge on any atom is -0.355 e. The standard InChI is InChI=1S/C20H20N4OS/c25-20(14-17-7-4-12-26-17)21-16-6-3-5-15(13-16)18-8-9-19(23-22-18)24-10-1-2-11-24/h3-9,12-13H,1-2,10-11,14H2,(H,21,25). The molecule has 3 aromatic rings. The van der Waals surface area contributed by atoms with Crippen molar-refractivity contribution in [1.82, 2.24) is 10.2 Å². The van der Waals surface area contributed by atoms with E-state index in [0.29, 0.717) is 6.42 Å². The van der Waals surface area contributed by atoms with Crippen LogP contribution in [0.25, 0.3) is 11.3 Å². The van der Waals surface area contributed by atoms with Gasteiger partial charge in [0.2, 0.25) is 5.91 Å². The number of anilines is 2. The summed E-state index contributed by atoms with van der Waals surface area (Å²) in [4.78, 5) is 15.5. The van der Waals surface area contributed by atoms with Crippen LogP contribution in [0.1, 0.15) is 17.7 Å². The van der Waals surface area contributed by atoms with Crippen LogP contribution in [0.15, 0.2) is 53.9 Å². The van der Waals surface area contributed by atoms with Gasteiger partial charge < -0.3 is 10.2 Å². The maximum Gasteiger partial charge on any atom is 0.229 e. The largest absolute Gasteiger partial charge is 0.355 e. The lowest BCUT2D eigenvalue weighted by molar-refractivity contribution is -0.115. The molecule has 1 aromatic carbocycles. The third-order valence-electron chi connectivity index (χ3n) is 4.44. The van der Waals surface area contributed by atoms with E-state index in [0.717, 1.165) is 40.7 Å². The van der Waals surface area contributed by atoms with E-state index < -0.39 is 0 Å². The van der Waals surface area contributed by atoms with Crippen LogP contribution in [0, 0.1) is 0 Å². The summed E-state index contributed by atoms with van der Waals surface area (Å²) in [6.07, 6.45) is 2.83. The van der Waals surface area contributed by atoms with Gasteiger partial charge in [-0.3, -0.25) is 4.79 Å². The average Bonchev–Trinajstić information content (AvgIpc) is 3.36. The van der Waals surface area contributed by atoms with E-state index >= 15 is 0 Å². The molecule has 0 aliphatic carbocycles. The summed E-state index contributed by atoms with van der Waals surface area (Å²) in [5.74, 6) is 0.923. The molecule has 2 aromatic heterocycles. The SMILES string of the molecule is O=C(Cc1cccs1)Nc1cccc(-c2ccc(N3CCCC3)nn2)c1. The lowest BCUT2D eigenvalue weighted by Crippen LogP contribution is -2.19. The highest BCUT2D eigenvalue weighted by atomic mass is 32.1. The van der Waals surface area contributed by atoms with E-state index in [9.17, 15) is 4.79 Å². The number of hydrogen-bond acceptors (Lipinski definition) is 5. The number of carbonyl (C=O) groups is 1. The second-order valence-electron chi connectivity index (χ2n) is 6.36. The Morgan fingerprint density at radius 2 is 1.96 bits per heavy atom. The first-order chi connectivity index (χ1) is 12.8. The molecule has 4 rings (SSSR count). The van der Waals surface area contributed by atoms with Crippen LogP contribution in [-0.4, -0.2) is 29.2 Å². The molecule has 0 atom stereocenters. The van der Waals surface area contributed by atoms with Gasteiger partial charge in [-0.2, -0.15) is 0 Å². The minimum absolute atomic E-state index is 0.0138. The number of rotatable bonds is 5. The average molecular weight is 364 g/mol. The highest BCUT2D eigenvalue weighted by Gasteiger charge is 2.14. The van der Waals surface area contributed by atoms with Crippen molar-refractivity contribution < 1.29 is 4.79 Å². The summed E-state index contributed by atoms with van der Waals surface area (Å²) >= 11 is 1.59. The lowest BCUT2D eigenvalue weighted by Gasteiger charge is -2.15. The maximum absolute atomic E-state index is 12.2. The monoisotopic (exact) mass is 364 g/mol. The first-order valence-corrected chi connectivity index (χ1v) is 9.67. The molecule has 1 fully saturated rings. The third kappa shape index (κ3) is 3.91. The number of hydrogen-bond donors (Lipinski definition) is 1. The molecule has 1 N–H and O–H groups in total. The Labute approximate surface area is 156 Å². The van der Waals surface area contributed by atoms with Crippen LogP contribution in [0.4, 0.5) is 11.5 Å². The molecule has 0 radical (unpaired) electrons. The van der Waals surface area contributed by atoms with Crippen molar-refractivity contribution in [2.45, 2.75) is 19.3 Å². The van der Waals surface area contributed by atoms with E-state index in [1.165, 1.54) is 12.8 Å². The van der Waals surface area contributed by atoms with Crippen molar-refractivity contribution in [2.24, 2.45) is 0 Å². The molecule has 1 aliphatic heterocycles. The summed E-state index contributed by atoms with van der Waals surface area (Å²) < 4.78 is 0. The summed E-state index contributed by atoms with van der Waals surface area (Å²) in [5.41, 5.74) is 2.52. The van der Waals surface area contributed by atoms with E-state index in [1.54, 1.807) is 11.3 Å². The Kier molecular flexibility index (Phi) is 4.93. The fourth-order valence-corrected chi connectivity index (χ4v) is 3.83. The van der Waals surface area contributed by atoms with Crippen LogP contribution in [0.3, 0.4) is 0 Å². The van der Waals surface area contributed by atoms with E-state index in [-0.39, 0.29) is 5.91 Å². The van der Waals surface area contributed by atoms with Crippen LogP contribution < -0.4 is 10.2 Å². The van der Waals surface area contributed by atoms with Gasteiger partial charge in [0.1, 0.15) is 0 Å². The number of nitrogens with zero attached hydrogens (tertiary/aromatic N) is 3. The molecule has 5 nitrogen and oxygen atoms in total. The van der Waals surface area contributed by atoms with Crippen LogP contribution >= 0.6 is 11.3 Å². The van der Waals surface area contributed by atoms with Crippen LogP contribution in [0.2, 0.25) is 0 Å². The molecule has 26 heavy (non-hydrogen) atoms. The minimum atomic E-state index is -0.0138. The first kappa shape index (κ1) is 16.7. The number of thiophene rings is 1. The number of amides is 1. The molecule has 1 saturated heterocycles. The molecule has 1 amide bonds. The lowest BCUT2D eigenvalue weighted by atomic mass is 10.1. The Hall–Kier alpha value is -2.73. The third-order valence-corrected chi connectivity index (χ3v) is 5.31. The van der Waals surface area contributed by atoms with Crippen molar-refractivity contribution in [2.75, 3.05) is 23.3 Å². The molecule has 0 bridgehead atoms. The first-order valence-electron chi connectivity index (χ1n) is 8.79. The molecule has 0 saturated carbocycles. The quantitative estimate of drug-likeness (QED) is 0.744. The van der Waals surface area contributed by atoms with Gasteiger partial charge in [0.25, 0.3) is 0 Å². The normalized spacial score (nSPS) is 13.8. The summed E-state index contributed by atoms with van der Waals surface area (Å²) in [5, 5.41) is 13.7.